The molecule has 1 fully saturated rings. The van der Waals surface area contributed by atoms with Crippen LogP contribution in [0, 0.1) is 0 Å². The van der Waals surface area contributed by atoms with E-state index in [1.807, 2.05) is 0 Å². The lowest BCUT2D eigenvalue weighted by atomic mass is 9.94. The second-order valence-corrected chi connectivity index (χ2v) is 7.54. The van der Waals surface area contributed by atoms with Crippen LogP contribution in [0.2, 0.25) is 0 Å². The summed E-state index contributed by atoms with van der Waals surface area (Å²) in [6, 6.07) is 7.49. The van der Waals surface area contributed by atoms with Crippen molar-refractivity contribution in [2.75, 3.05) is 53.6 Å². The predicted molar refractivity (Wildman–Crippen MR) is 114 cm³/mol. The zero-order chi connectivity index (χ0) is 22.7. The van der Waals surface area contributed by atoms with Gasteiger partial charge in [-0.2, -0.15) is 0 Å². The zero-order valence-corrected chi connectivity index (χ0v) is 18.1. The van der Waals surface area contributed by atoms with Gasteiger partial charge in [0.1, 0.15) is 0 Å². The predicted octanol–water partition coefficient (Wildman–Crippen LogP) is 2.21. The van der Waals surface area contributed by atoms with Crippen LogP contribution in [0.1, 0.15) is 22.2 Å². The quantitative estimate of drug-likeness (QED) is 0.621. The summed E-state index contributed by atoms with van der Waals surface area (Å²) in [4.78, 5) is 30.0. The lowest BCUT2D eigenvalue weighted by Crippen LogP contribution is -2.43. The summed E-state index contributed by atoms with van der Waals surface area (Å²) in [7, 11) is 3.04. The van der Waals surface area contributed by atoms with Crippen molar-refractivity contribution in [3.05, 3.63) is 59.3 Å². The van der Waals surface area contributed by atoms with E-state index in [2.05, 4.69) is 4.90 Å². The van der Waals surface area contributed by atoms with Gasteiger partial charge in [-0.3, -0.25) is 14.5 Å². The molecule has 0 aliphatic carbocycles. The molecule has 1 unspecified atom stereocenters. The summed E-state index contributed by atoms with van der Waals surface area (Å²) in [6.45, 7) is 3.73. The van der Waals surface area contributed by atoms with Crippen molar-refractivity contribution >= 4 is 11.7 Å². The van der Waals surface area contributed by atoms with E-state index < -0.39 is 23.5 Å². The van der Waals surface area contributed by atoms with E-state index in [0.717, 1.165) is 13.1 Å². The van der Waals surface area contributed by atoms with Crippen molar-refractivity contribution in [2.45, 2.75) is 6.04 Å². The number of carbonyl (C=O) groups excluding carboxylic acids is 2. The molecule has 9 heteroatoms. The van der Waals surface area contributed by atoms with Gasteiger partial charge in [0.25, 0.3) is 5.91 Å². The number of furan rings is 1. The van der Waals surface area contributed by atoms with Crippen LogP contribution in [0.25, 0.3) is 0 Å². The molecular weight excluding hydrogens is 416 g/mol. The van der Waals surface area contributed by atoms with Crippen molar-refractivity contribution in [3.63, 3.8) is 0 Å². The van der Waals surface area contributed by atoms with E-state index in [1.54, 1.807) is 24.3 Å². The van der Waals surface area contributed by atoms with Gasteiger partial charge in [-0.25, -0.2) is 0 Å². The normalized spacial score (nSPS) is 19.5. The van der Waals surface area contributed by atoms with Crippen molar-refractivity contribution in [2.24, 2.45) is 0 Å². The average Bonchev–Trinajstić information content (AvgIpc) is 3.45. The molecule has 1 N–H and O–H groups in total. The number of Topliss-reactive ketones (excluding diaryl/α,β-unsaturated/α-hetero) is 1. The number of aliphatic hydroxyl groups is 1. The van der Waals surface area contributed by atoms with Crippen LogP contribution in [0.3, 0.4) is 0 Å². The first-order chi connectivity index (χ1) is 15.5. The van der Waals surface area contributed by atoms with E-state index in [1.165, 1.54) is 31.4 Å². The first-order valence-corrected chi connectivity index (χ1v) is 10.4. The summed E-state index contributed by atoms with van der Waals surface area (Å²) in [6.07, 6.45) is 1.38. The molecule has 1 amide bonds. The standard InChI is InChI=1S/C23H26N2O7/c1-29-16-6-5-15(14-18(16)30-2)20-19(21(26)17-4-3-11-32-17)22(27)23(28)25(20)8-7-24-9-12-31-13-10-24/h3-6,11,14,20,27H,7-10,12-13H2,1-2H3. The van der Waals surface area contributed by atoms with Gasteiger partial charge in [-0.1, -0.05) is 6.07 Å². The highest BCUT2D eigenvalue weighted by atomic mass is 16.5. The summed E-state index contributed by atoms with van der Waals surface area (Å²) in [5.74, 6) is -0.648. The third-order valence-corrected chi connectivity index (χ3v) is 5.78. The molecule has 3 heterocycles. The Morgan fingerprint density at radius 2 is 1.88 bits per heavy atom. The fourth-order valence-corrected chi connectivity index (χ4v) is 4.10. The number of rotatable bonds is 8. The first kappa shape index (κ1) is 21.9. The minimum absolute atomic E-state index is 0.0147. The molecule has 1 saturated heterocycles. The molecule has 0 saturated carbocycles. The lowest BCUT2D eigenvalue weighted by molar-refractivity contribution is -0.129. The van der Waals surface area contributed by atoms with Gasteiger partial charge >= 0.3 is 0 Å². The number of methoxy groups -OCH3 is 2. The number of aliphatic hydroxyl groups excluding tert-OH is 1. The molecule has 170 valence electrons. The molecule has 0 spiro atoms. The maximum absolute atomic E-state index is 13.2. The Kier molecular flexibility index (Phi) is 6.48. The SMILES string of the molecule is COc1ccc(C2C(C(=O)c3ccco3)=C(O)C(=O)N2CCN2CCOCC2)cc1OC. The summed E-state index contributed by atoms with van der Waals surface area (Å²) >= 11 is 0. The second kappa shape index (κ2) is 9.46. The van der Waals surface area contributed by atoms with Gasteiger partial charge in [0, 0.05) is 26.2 Å². The number of ether oxygens (including phenoxy) is 3. The number of nitrogens with zero attached hydrogens (tertiary/aromatic N) is 2. The number of hydrogen-bond acceptors (Lipinski definition) is 8. The van der Waals surface area contributed by atoms with Gasteiger partial charge in [0.2, 0.25) is 5.78 Å². The topological polar surface area (TPSA) is 102 Å². The highest BCUT2D eigenvalue weighted by molar-refractivity contribution is 6.15. The maximum Gasteiger partial charge on any atom is 0.290 e. The van der Waals surface area contributed by atoms with Gasteiger partial charge in [-0.15, -0.1) is 0 Å². The molecule has 4 rings (SSSR count). The summed E-state index contributed by atoms with van der Waals surface area (Å²) in [5, 5.41) is 10.7. The summed E-state index contributed by atoms with van der Waals surface area (Å²) < 4.78 is 21.4. The fourth-order valence-electron chi connectivity index (χ4n) is 4.10. The molecule has 0 radical (unpaired) electrons. The molecule has 2 aromatic rings. The van der Waals surface area contributed by atoms with Crippen molar-refractivity contribution in [1.82, 2.24) is 9.80 Å². The minimum atomic E-state index is -0.791. The van der Waals surface area contributed by atoms with Crippen LogP contribution >= 0.6 is 0 Å². The van der Waals surface area contributed by atoms with E-state index in [0.29, 0.717) is 43.4 Å². The smallest absolute Gasteiger partial charge is 0.290 e. The minimum Gasteiger partial charge on any atom is -0.503 e. The van der Waals surface area contributed by atoms with Gasteiger partial charge in [0.15, 0.2) is 23.0 Å². The molecule has 32 heavy (non-hydrogen) atoms. The van der Waals surface area contributed by atoms with Crippen LogP contribution in [-0.4, -0.2) is 80.2 Å². The Morgan fingerprint density at radius 1 is 1.12 bits per heavy atom. The largest absolute Gasteiger partial charge is 0.503 e. The molecule has 2 aliphatic rings. The van der Waals surface area contributed by atoms with Crippen molar-refractivity contribution in [1.29, 1.82) is 0 Å². The van der Waals surface area contributed by atoms with E-state index >= 15 is 0 Å². The van der Waals surface area contributed by atoms with Crippen LogP contribution in [0.4, 0.5) is 0 Å². The molecular formula is C23H26N2O7. The monoisotopic (exact) mass is 442 g/mol. The average molecular weight is 442 g/mol. The number of morpholine rings is 1. The van der Waals surface area contributed by atoms with Crippen LogP contribution in [0.5, 0.6) is 11.5 Å². The Labute approximate surface area is 185 Å². The Morgan fingerprint density at radius 3 is 2.53 bits per heavy atom. The van der Waals surface area contributed by atoms with Crippen LogP contribution in [0.15, 0.2) is 52.3 Å². The molecule has 1 aromatic carbocycles. The number of ketones is 1. The van der Waals surface area contributed by atoms with E-state index in [4.69, 9.17) is 18.6 Å². The van der Waals surface area contributed by atoms with E-state index in [9.17, 15) is 14.7 Å². The number of amides is 1. The van der Waals surface area contributed by atoms with Gasteiger partial charge in [0.05, 0.1) is 45.3 Å². The third-order valence-electron chi connectivity index (χ3n) is 5.78. The van der Waals surface area contributed by atoms with Crippen molar-refractivity contribution < 1.29 is 33.3 Å². The van der Waals surface area contributed by atoms with Crippen LogP contribution in [-0.2, 0) is 9.53 Å². The molecule has 2 aliphatic heterocycles. The highest BCUT2D eigenvalue weighted by Gasteiger charge is 2.44. The lowest BCUT2D eigenvalue weighted by Gasteiger charge is -2.31. The van der Waals surface area contributed by atoms with Gasteiger partial charge < -0.3 is 28.6 Å². The van der Waals surface area contributed by atoms with Gasteiger partial charge in [-0.05, 0) is 29.8 Å². The first-order valence-electron chi connectivity index (χ1n) is 10.4. The van der Waals surface area contributed by atoms with Crippen molar-refractivity contribution in [3.8, 4) is 11.5 Å². The summed E-state index contributed by atoms with van der Waals surface area (Å²) in [5.41, 5.74) is 0.607. The van der Waals surface area contributed by atoms with Crippen LogP contribution < -0.4 is 9.47 Å². The Balaban J connectivity index is 1.71. The number of benzene rings is 1. The third kappa shape index (κ3) is 4.09. The maximum atomic E-state index is 13.2. The van der Waals surface area contributed by atoms with E-state index in [-0.39, 0.29) is 11.3 Å². The highest BCUT2D eigenvalue weighted by Crippen LogP contribution is 2.41. The Hall–Kier alpha value is -3.30. The zero-order valence-electron chi connectivity index (χ0n) is 18.1. The molecule has 0 bridgehead atoms. The fraction of sp³-hybridized carbons (Fsp3) is 0.391. The number of hydrogen-bond donors (Lipinski definition) is 1. The second-order valence-electron chi connectivity index (χ2n) is 7.54. The molecule has 1 aromatic heterocycles. The molecule has 1 atom stereocenters. The number of carbonyl (C=O) groups is 2. The molecule has 9 nitrogen and oxygen atoms in total. The Bertz CT molecular complexity index is 1010.